The van der Waals surface area contributed by atoms with Gasteiger partial charge in [0.15, 0.2) is 0 Å². The van der Waals surface area contributed by atoms with Crippen molar-refractivity contribution in [3.63, 3.8) is 0 Å². The third-order valence-corrected chi connectivity index (χ3v) is 4.45. The molecule has 0 aliphatic heterocycles. The Hall–Kier alpha value is -1.36. The summed E-state index contributed by atoms with van der Waals surface area (Å²) in [7, 11) is 1.33. The van der Waals surface area contributed by atoms with Crippen LogP contribution in [0.5, 0.6) is 0 Å². The molecule has 0 fully saturated rings. The first-order chi connectivity index (χ1) is 9.76. The molecule has 0 saturated heterocycles. The first-order valence-corrected chi connectivity index (χ1v) is 7.71. The van der Waals surface area contributed by atoms with Crippen LogP contribution in [0.2, 0.25) is 0 Å². The van der Waals surface area contributed by atoms with Crippen LogP contribution < -0.4 is 5.32 Å². The minimum absolute atomic E-state index is 0.259. The fourth-order valence-corrected chi connectivity index (χ4v) is 2.38. The third-order valence-electron chi connectivity index (χ3n) is 3.20. The predicted molar refractivity (Wildman–Crippen MR) is 86.3 cm³/mol. The molecule has 0 unspecified atom stereocenters. The maximum Gasteiger partial charge on any atom is 0.328 e. The average molecular weight is 356 g/mol. The van der Waals surface area contributed by atoms with E-state index in [1.165, 1.54) is 7.11 Å². The molecule has 0 aliphatic rings. The van der Waals surface area contributed by atoms with Crippen molar-refractivity contribution in [1.29, 1.82) is 0 Å². The maximum atomic E-state index is 12.3. The molecule has 5 heteroatoms. The lowest BCUT2D eigenvalue weighted by molar-refractivity contribution is -0.143. The van der Waals surface area contributed by atoms with E-state index in [2.05, 4.69) is 21.2 Å². The third kappa shape index (κ3) is 4.84. The number of esters is 1. The minimum atomic E-state index is -0.619. The number of carbonyl (C=O) groups is 2. The van der Waals surface area contributed by atoms with Crippen molar-refractivity contribution in [2.45, 2.75) is 40.2 Å². The van der Waals surface area contributed by atoms with Crippen LogP contribution in [-0.2, 0) is 9.53 Å². The lowest BCUT2D eigenvalue weighted by Crippen LogP contribution is -2.42. The second kappa shape index (κ2) is 7.59. The molecule has 0 spiro atoms. The standard InChI is InChI=1S/C16H22BrNO3/c1-9(2)6-13(16(20)21-5)18-15(19)12-7-10(3)14(17)11(4)8-12/h7-9,13H,6H2,1-5H3,(H,18,19)/t13-/m0/s1. The van der Waals surface area contributed by atoms with E-state index in [1.807, 2.05) is 27.7 Å². The van der Waals surface area contributed by atoms with Gasteiger partial charge < -0.3 is 10.1 Å². The monoisotopic (exact) mass is 355 g/mol. The molecule has 4 nitrogen and oxygen atoms in total. The van der Waals surface area contributed by atoms with Crippen LogP contribution in [0, 0.1) is 19.8 Å². The van der Waals surface area contributed by atoms with Gasteiger partial charge in [0, 0.05) is 10.0 Å². The van der Waals surface area contributed by atoms with E-state index in [0.717, 1.165) is 15.6 Å². The Kier molecular flexibility index (Phi) is 6.40. The van der Waals surface area contributed by atoms with E-state index in [-0.39, 0.29) is 11.8 Å². The van der Waals surface area contributed by atoms with Crippen LogP contribution >= 0.6 is 15.9 Å². The summed E-state index contributed by atoms with van der Waals surface area (Å²) in [4.78, 5) is 24.1. The average Bonchev–Trinajstić information content (AvgIpc) is 2.41. The Balaban J connectivity index is 2.94. The highest BCUT2D eigenvalue weighted by atomic mass is 79.9. The largest absolute Gasteiger partial charge is 0.467 e. The molecule has 0 radical (unpaired) electrons. The highest BCUT2D eigenvalue weighted by Gasteiger charge is 2.23. The second-order valence-electron chi connectivity index (χ2n) is 5.60. The predicted octanol–water partition coefficient (Wildman–Crippen LogP) is 3.38. The first-order valence-electron chi connectivity index (χ1n) is 6.91. The number of ether oxygens (including phenoxy) is 1. The zero-order chi connectivity index (χ0) is 16.2. The number of hydrogen-bond acceptors (Lipinski definition) is 3. The Morgan fingerprint density at radius 3 is 2.19 bits per heavy atom. The maximum absolute atomic E-state index is 12.3. The van der Waals surface area contributed by atoms with Gasteiger partial charge in [-0.25, -0.2) is 4.79 Å². The van der Waals surface area contributed by atoms with Gasteiger partial charge in [-0.15, -0.1) is 0 Å². The van der Waals surface area contributed by atoms with Crippen molar-refractivity contribution in [3.05, 3.63) is 33.3 Å². The van der Waals surface area contributed by atoms with E-state index in [9.17, 15) is 9.59 Å². The highest BCUT2D eigenvalue weighted by Crippen LogP contribution is 2.22. The van der Waals surface area contributed by atoms with Crippen molar-refractivity contribution in [2.24, 2.45) is 5.92 Å². The lowest BCUT2D eigenvalue weighted by Gasteiger charge is -2.18. The summed E-state index contributed by atoms with van der Waals surface area (Å²) in [6.45, 7) is 7.85. The van der Waals surface area contributed by atoms with Gasteiger partial charge in [-0.1, -0.05) is 29.8 Å². The van der Waals surface area contributed by atoms with Crippen LogP contribution in [0.15, 0.2) is 16.6 Å². The summed E-state index contributed by atoms with van der Waals surface area (Å²) < 4.78 is 5.75. The number of benzene rings is 1. The number of hydrogen-bond donors (Lipinski definition) is 1. The molecule has 1 rings (SSSR count). The van der Waals surface area contributed by atoms with Crippen molar-refractivity contribution in [3.8, 4) is 0 Å². The number of rotatable bonds is 5. The molecule has 1 atom stereocenters. The second-order valence-corrected chi connectivity index (χ2v) is 6.40. The van der Waals surface area contributed by atoms with Gasteiger partial charge in [-0.05, 0) is 49.4 Å². The number of aryl methyl sites for hydroxylation is 2. The molecule has 0 bridgehead atoms. The number of nitrogens with one attached hydrogen (secondary N) is 1. The summed E-state index contributed by atoms with van der Waals surface area (Å²) in [5.74, 6) is -0.393. The lowest BCUT2D eigenvalue weighted by atomic mass is 10.0. The van der Waals surface area contributed by atoms with Crippen molar-refractivity contribution in [1.82, 2.24) is 5.32 Å². The van der Waals surface area contributed by atoms with Gasteiger partial charge in [-0.2, -0.15) is 0 Å². The summed E-state index contributed by atoms with van der Waals surface area (Å²) in [5.41, 5.74) is 2.52. The van der Waals surface area contributed by atoms with Crippen LogP contribution in [-0.4, -0.2) is 25.0 Å². The summed E-state index contributed by atoms with van der Waals surface area (Å²) in [6, 6.07) is 2.98. The van der Waals surface area contributed by atoms with Gasteiger partial charge >= 0.3 is 5.97 Å². The Labute approximate surface area is 134 Å². The van der Waals surface area contributed by atoms with Crippen LogP contribution in [0.25, 0.3) is 0 Å². The van der Waals surface area contributed by atoms with Gasteiger partial charge in [0.2, 0.25) is 0 Å². The number of carbonyl (C=O) groups excluding carboxylic acids is 2. The fourth-order valence-electron chi connectivity index (χ4n) is 2.15. The number of halogens is 1. The molecule has 0 heterocycles. The van der Waals surface area contributed by atoms with Crippen LogP contribution in [0.4, 0.5) is 0 Å². The molecule has 0 aromatic heterocycles. The Morgan fingerprint density at radius 2 is 1.76 bits per heavy atom. The number of methoxy groups -OCH3 is 1. The molecular weight excluding hydrogens is 334 g/mol. The van der Waals surface area contributed by atoms with Crippen LogP contribution in [0.3, 0.4) is 0 Å². The zero-order valence-corrected chi connectivity index (χ0v) is 14.7. The first kappa shape index (κ1) is 17.7. The summed E-state index contributed by atoms with van der Waals surface area (Å²) >= 11 is 3.47. The van der Waals surface area contributed by atoms with Gasteiger partial charge in [-0.3, -0.25) is 4.79 Å². The van der Waals surface area contributed by atoms with E-state index in [0.29, 0.717) is 12.0 Å². The minimum Gasteiger partial charge on any atom is -0.467 e. The van der Waals surface area contributed by atoms with E-state index < -0.39 is 12.0 Å². The topological polar surface area (TPSA) is 55.4 Å². The normalized spacial score (nSPS) is 12.1. The number of amides is 1. The molecule has 21 heavy (non-hydrogen) atoms. The SMILES string of the molecule is COC(=O)[C@H](CC(C)C)NC(=O)c1cc(C)c(Br)c(C)c1. The van der Waals surface area contributed by atoms with E-state index in [1.54, 1.807) is 12.1 Å². The molecule has 1 aromatic carbocycles. The van der Waals surface area contributed by atoms with Crippen LogP contribution in [0.1, 0.15) is 41.8 Å². The fraction of sp³-hybridized carbons (Fsp3) is 0.500. The van der Waals surface area contributed by atoms with E-state index in [4.69, 9.17) is 4.74 Å². The molecule has 1 N–H and O–H groups in total. The Bertz CT molecular complexity index is 517. The molecule has 116 valence electrons. The summed E-state index contributed by atoms with van der Waals surface area (Å²) in [5, 5.41) is 2.76. The summed E-state index contributed by atoms with van der Waals surface area (Å²) in [6.07, 6.45) is 0.549. The quantitative estimate of drug-likeness (QED) is 0.823. The van der Waals surface area contributed by atoms with Gasteiger partial charge in [0.05, 0.1) is 7.11 Å². The van der Waals surface area contributed by atoms with Crippen molar-refractivity contribution < 1.29 is 14.3 Å². The smallest absolute Gasteiger partial charge is 0.328 e. The molecule has 1 aromatic rings. The van der Waals surface area contributed by atoms with E-state index >= 15 is 0 Å². The van der Waals surface area contributed by atoms with Gasteiger partial charge in [0.1, 0.15) is 6.04 Å². The van der Waals surface area contributed by atoms with Crippen molar-refractivity contribution >= 4 is 27.8 Å². The molecule has 0 aliphatic carbocycles. The molecule has 1 amide bonds. The Morgan fingerprint density at radius 1 is 1.24 bits per heavy atom. The highest BCUT2D eigenvalue weighted by molar-refractivity contribution is 9.10. The molecule has 0 saturated carbocycles. The zero-order valence-electron chi connectivity index (χ0n) is 13.1. The van der Waals surface area contributed by atoms with Gasteiger partial charge in [0.25, 0.3) is 5.91 Å². The molecular formula is C16H22BrNO3. The van der Waals surface area contributed by atoms with Crippen molar-refractivity contribution in [2.75, 3.05) is 7.11 Å².